The van der Waals surface area contributed by atoms with E-state index in [1.165, 1.54) is 58.8 Å². The highest BCUT2D eigenvalue weighted by atomic mass is 19.3. The number of ether oxygens (including phenoxy) is 4. The second-order valence-electron chi connectivity index (χ2n) is 5.01. The lowest BCUT2D eigenvalue weighted by Crippen LogP contribution is -1.99. The number of halogens is 2. The molecule has 0 fully saturated rings. The highest BCUT2D eigenvalue weighted by Gasteiger charge is 2.20. The maximum Gasteiger partial charge on any atom is 0.278 e. The number of nitrogens with two attached hydrogens (primary N) is 1. The van der Waals surface area contributed by atoms with E-state index in [1.54, 1.807) is 0 Å². The van der Waals surface area contributed by atoms with Crippen LogP contribution in [0, 0.1) is 0 Å². The van der Waals surface area contributed by atoms with E-state index >= 15 is 0 Å². The number of anilines is 1. The average Bonchev–Trinajstić information content (AvgIpc) is 2.60. The standard InChI is InChI=1S/C18H19F2NO4/c1-22-13-6-5-10(7-12(13)21)16(18(19)20)11-8-14(23-2)17(25-4)15(9-11)24-3/h5-9H,21H2,1-4H3. The van der Waals surface area contributed by atoms with Gasteiger partial charge in [0.15, 0.2) is 11.5 Å². The molecule has 2 N–H and O–H groups in total. The molecule has 0 saturated carbocycles. The van der Waals surface area contributed by atoms with Crippen molar-refractivity contribution in [3.8, 4) is 23.0 Å². The highest BCUT2D eigenvalue weighted by Crippen LogP contribution is 2.42. The second kappa shape index (κ2) is 7.74. The molecule has 2 aromatic carbocycles. The van der Waals surface area contributed by atoms with Gasteiger partial charge in [0.05, 0.1) is 39.7 Å². The molecule has 0 aliphatic heterocycles. The molecule has 0 unspecified atom stereocenters. The molecule has 134 valence electrons. The number of hydrogen-bond donors (Lipinski definition) is 1. The predicted molar refractivity (Wildman–Crippen MR) is 91.7 cm³/mol. The van der Waals surface area contributed by atoms with E-state index in [2.05, 4.69) is 0 Å². The quantitative estimate of drug-likeness (QED) is 0.798. The van der Waals surface area contributed by atoms with E-state index in [0.29, 0.717) is 11.5 Å². The van der Waals surface area contributed by atoms with Crippen LogP contribution in [0.2, 0.25) is 0 Å². The zero-order valence-corrected chi connectivity index (χ0v) is 14.4. The summed E-state index contributed by atoms with van der Waals surface area (Å²) in [6.07, 6.45) is -1.86. The Morgan fingerprint density at radius 1 is 0.760 bits per heavy atom. The van der Waals surface area contributed by atoms with Crippen LogP contribution in [-0.2, 0) is 0 Å². The zero-order valence-electron chi connectivity index (χ0n) is 14.4. The Morgan fingerprint density at radius 2 is 1.32 bits per heavy atom. The molecule has 0 bridgehead atoms. The van der Waals surface area contributed by atoms with Gasteiger partial charge < -0.3 is 24.7 Å². The first-order valence-electron chi connectivity index (χ1n) is 7.26. The summed E-state index contributed by atoms with van der Waals surface area (Å²) in [5, 5.41) is 0. The fraction of sp³-hybridized carbons (Fsp3) is 0.222. The molecule has 25 heavy (non-hydrogen) atoms. The molecule has 0 spiro atoms. The highest BCUT2D eigenvalue weighted by molar-refractivity contribution is 5.84. The molecule has 0 atom stereocenters. The van der Waals surface area contributed by atoms with Gasteiger partial charge in [-0.05, 0) is 35.4 Å². The molecular weight excluding hydrogens is 332 g/mol. The van der Waals surface area contributed by atoms with Crippen LogP contribution in [0.4, 0.5) is 14.5 Å². The summed E-state index contributed by atoms with van der Waals surface area (Å²) in [6, 6.07) is 7.38. The maximum absolute atomic E-state index is 13.7. The molecule has 0 radical (unpaired) electrons. The zero-order chi connectivity index (χ0) is 18.6. The fourth-order valence-electron chi connectivity index (χ4n) is 2.50. The molecular formula is C18H19F2NO4. The number of hydrogen-bond acceptors (Lipinski definition) is 5. The first-order chi connectivity index (χ1) is 12.0. The van der Waals surface area contributed by atoms with Crippen LogP contribution in [0.1, 0.15) is 11.1 Å². The molecule has 0 amide bonds. The van der Waals surface area contributed by atoms with Crippen LogP contribution in [0.3, 0.4) is 0 Å². The third-order valence-electron chi connectivity index (χ3n) is 3.66. The predicted octanol–water partition coefficient (Wildman–Crippen LogP) is 3.96. The molecule has 0 aliphatic carbocycles. The third-order valence-corrected chi connectivity index (χ3v) is 3.66. The van der Waals surface area contributed by atoms with Gasteiger partial charge in [0.1, 0.15) is 5.75 Å². The Kier molecular flexibility index (Phi) is 5.69. The lowest BCUT2D eigenvalue weighted by atomic mass is 9.97. The summed E-state index contributed by atoms with van der Waals surface area (Å²) in [5.41, 5.74) is 6.27. The van der Waals surface area contributed by atoms with Crippen LogP contribution in [0.25, 0.3) is 5.57 Å². The van der Waals surface area contributed by atoms with Gasteiger partial charge in [0, 0.05) is 0 Å². The van der Waals surface area contributed by atoms with Crippen molar-refractivity contribution >= 4 is 11.3 Å². The van der Waals surface area contributed by atoms with Crippen molar-refractivity contribution in [2.75, 3.05) is 34.2 Å². The van der Waals surface area contributed by atoms with Crippen LogP contribution in [-0.4, -0.2) is 28.4 Å². The first kappa shape index (κ1) is 18.4. The maximum atomic E-state index is 13.7. The van der Waals surface area contributed by atoms with E-state index < -0.39 is 6.08 Å². The Balaban J connectivity index is 2.67. The van der Waals surface area contributed by atoms with E-state index in [-0.39, 0.29) is 33.9 Å². The van der Waals surface area contributed by atoms with Crippen LogP contribution < -0.4 is 24.7 Å². The lowest BCUT2D eigenvalue weighted by molar-refractivity contribution is 0.324. The van der Waals surface area contributed by atoms with E-state index in [1.807, 2.05) is 0 Å². The molecule has 0 saturated heterocycles. The summed E-state index contributed by atoms with van der Waals surface area (Å²) in [6.45, 7) is 0. The van der Waals surface area contributed by atoms with Gasteiger partial charge in [-0.25, -0.2) is 0 Å². The largest absolute Gasteiger partial charge is 0.495 e. The van der Waals surface area contributed by atoms with Gasteiger partial charge in [-0.2, -0.15) is 8.78 Å². The lowest BCUT2D eigenvalue weighted by Gasteiger charge is -2.16. The molecule has 2 rings (SSSR count). The van der Waals surface area contributed by atoms with Crippen molar-refractivity contribution in [3.63, 3.8) is 0 Å². The molecule has 7 heteroatoms. The van der Waals surface area contributed by atoms with Crippen molar-refractivity contribution in [1.82, 2.24) is 0 Å². The number of rotatable bonds is 6. The minimum absolute atomic E-state index is 0.207. The second-order valence-corrected chi connectivity index (χ2v) is 5.01. The summed E-state index contributed by atoms with van der Waals surface area (Å²) in [5.74, 6) is 1.28. The molecule has 0 aromatic heterocycles. The van der Waals surface area contributed by atoms with Crippen LogP contribution >= 0.6 is 0 Å². The molecule has 0 aliphatic rings. The normalized spacial score (nSPS) is 10.2. The van der Waals surface area contributed by atoms with Gasteiger partial charge in [0.2, 0.25) is 5.75 Å². The summed E-state index contributed by atoms with van der Waals surface area (Å²) in [4.78, 5) is 0. The van der Waals surface area contributed by atoms with E-state index in [9.17, 15) is 8.78 Å². The fourth-order valence-corrected chi connectivity index (χ4v) is 2.50. The summed E-state index contributed by atoms with van der Waals surface area (Å²) < 4.78 is 48.2. The summed E-state index contributed by atoms with van der Waals surface area (Å²) >= 11 is 0. The number of benzene rings is 2. The molecule has 5 nitrogen and oxygen atoms in total. The SMILES string of the molecule is COc1ccc(C(=C(F)F)c2cc(OC)c(OC)c(OC)c2)cc1N. The smallest absolute Gasteiger partial charge is 0.278 e. The monoisotopic (exact) mass is 351 g/mol. The van der Waals surface area contributed by atoms with Gasteiger partial charge in [0.25, 0.3) is 6.08 Å². The minimum atomic E-state index is -1.86. The Labute approximate surface area is 144 Å². The Hall–Kier alpha value is -2.96. The van der Waals surface area contributed by atoms with Gasteiger partial charge in [-0.3, -0.25) is 0 Å². The Morgan fingerprint density at radius 3 is 1.72 bits per heavy atom. The van der Waals surface area contributed by atoms with Crippen molar-refractivity contribution in [2.24, 2.45) is 0 Å². The van der Waals surface area contributed by atoms with Crippen molar-refractivity contribution in [1.29, 1.82) is 0 Å². The van der Waals surface area contributed by atoms with Gasteiger partial charge in [-0.15, -0.1) is 0 Å². The van der Waals surface area contributed by atoms with E-state index in [4.69, 9.17) is 24.7 Å². The third kappa shape index (κ3) is 3.60. The van der Waals surface area contributed by atoms with E-state index in [0.717, 1.165) is 0 Å². The van der Waals surface area contributed by atoms with Gasteiger partial charge in [-0.1, -0.05) is 6.07 Å². The topological polar surface area (TPSA) is 62.9 Å². The minimum Gasteiger partial charge on any atom is -0.495 e. The number of nitrogen functional groups attached to an aromatic ring is 1. The number of methoxy groups -OCH3 is 4. The van der Waals surface area contributed by atoms with Crippen molar-refractivity contribution < 1.29 is 27.7 Å². The molecule has 0 heterocycles. The first-order valence-corrected chi connectivity index (χ1v) is 7.26. The van der Waals surface area contributed by atoms with Crippen LogP contribution in [0.15, 0.2) is 36.4 Å². The summed E-state index contributed by atoms with van der Waals surface area (Å²) in [7, 11) is 5.73. The van der Waals surface area contributed by atoms with Crippen molar-refractivity contribution in [3.05, 3.63) is 47.5 Å². The van der Waals surface area contributed by atoms with Gasteiger partial charge >= 0.3 is 0 Å². The average molecular weight is 351 g/mol. The van der Waals surface area contributed by atoms with Crippen LogP contribution in [0.5, 0.6) is 23.0 Å². The molecule has 2 aromatic rings. The van der Waals surface area contributed by atoms with Crippen molar-refractivity contribution in [2.45, 2.75) is 0 Å². The Bertz CT molecular complexity index is 777.